The Bertz CT molecular complexity index is 448. The van der Waals surface area contributed by atoms with Gasteiger partial charge in [0.2, 0.25) is 5.91 Å². The van der Waals surface area contributed by atoms with Crippen molar-refractivity contribution in [3.63, 3.8) is 0 Å². The molecule has 0 saturated heterocycles. The van der Waals surface area contributed by atoms with E-state index >= 15 is 0 Å². The summed E-state index contributed by atoms with van der Waals surface area (Å²) in [6, 6.07) is -0.554. The first-order chi connectivity index (χ1) is 10.2. The quantitative estimate of drug-likeness (QED) is 0.517. The zero-order chi connectivity index (χ0) is 15.5. The highest BCUT2D eigenvalue weighted by molar-refractivity contribution is 5.94. The number of carbonyl (C=O) groups excluding carboxylic acids is 2. The predicted octanol–water partition coefficient (Wildman–Crippen LogP) is -0.750. The van der Waals surface area contributed by atoms with Crippen molar-refractivity contribution in [3.05, 3.63) is 11.9 Å². The van der Waals surface area contributed by atoms with Crippen molar-refractivity contribution in [3.8, 4) is 0 Å². The van der Waals surface area contributed by atoms with E-state index in [1.54, 1.807) is 6.20 Å². The van der Waals surface area contributed by atoms with E-state index in [2.05, 4.69) is 33.2 Å². The molecule has 3 N–H and O–H groups in total. The molecule has 1 aromatic heterocycles. The van der Waals surface area contributed by atoms with Gasteiger partial charge in [-0.1, -0.05) is 12.1 Å². The van der Waals surface area contributed by atoms with Crippen LogP contribution in [0, 0.1) is 0 Å². The lowest BCUT2D eigenvalue weighted by Gasteiger charge is -2.05. The molecule has 0 fully saturated rings. The van der Waals surface area contributed by atoms with Gasteiger partial charge in [0.1, 0.15) is 6.54 Å². The number of nitrogens with one attached hydrogen (secondary N) is 3. The van der Waals surface area contributed by atoms with Gasteiger partial charge in [-0.05, 0) is 13.0 Å². The van der Waals surface area contributed by atoms with Crippen molar-refractivity contribution in [1.29, 1.82) is 0 Å². The number of aromatic nitrogens is 3. The fraction of sp³-hybridized carbons (Fsp3) is 0.667. The summed E-state index contributed by atoms with van der Waals surface area (Å²) in [5.74, 6) is -0.456. The van der Waals surface area contributed by atoms with E-state index in [0.29, 0.717) is 19.7 Å². The minimum atomic E-state index is -0.554. The van der Waals surface area contributed by atoms with Crippen molar-refractivity contribution in [2.24, 2.45) is 0 Å². The lowest BCUT2D eigenvalue weighted by Crippen LogP contribution is -2.42. The van der Waals surface area contributed by atoms with E-state index in [9.17, 15) is 9.59 Å². The highest BCUT2D eigenvalue weighted by Crippen LogP contribution is 1.92. The molecule has 0 unspecified atom stereocenters. The maximum atomic E-state index is 11.6. The minimum Gasteiger partial charge on any atom is -0.383 e. The standard InChI is InChI=1S/C12H22N6O3/c1-3-4-13-7-10-8-18(17-16-10)9-11(19)15-12(20)14-5-6-21-2/h8,13H,3-7,9H2,1-2H3,(H2,14,15,19,20). The van der Waals surface area contributed by atoms with Crippen LogP contribution in [0.4, 0.5) is 4.79 Å². The van der Waals surface area contributed by atoms with E-state index in [1.165, 1.54) is 11.8 Å². The molecule has 9 nitrogen and oxygen atoms in total. The van der Waals surface area contributed by atoms with Crippen LogP contribution in [0.15, 0.2) is 6.20 Å². The summed E-state index contributed by atoms with van der Waals surface area (Å²) >= 11 is 0. The van der Waals surface area contributed by atoms with Crippen LogP contribution in [-0.4, -0.2) is 53.7 Å². The zero-order valence-electron chi connectivity index (χ0n) is 12.4. The summed E-state index contributed by atoms with van der Waals surface area (Å²) in [4.78, 5) is 23.0. The van der Waals surface area contributed by atoms with Gasteiger partial charge in [-0.2, -0.15) is 0 Å². The molecule has 1 rings (SSSR count). The summed E-state index contributed by atoms with van der Waals surface area (Å²) in [5.41, 5.74) is 0.751. The van der Waals surface area contributed by atoms with E-state index in [0.717, 1.165) is 18.7 Å². The second-order valence-corrected chi connectivity index (χ2v) is 4.38. The predicted molar refractivity (Wildman–Crippen MR) is 75.4 cm³/mol. The largest absolute Gasteiger partial charge is 0.383 e. The molecule has 3 amide bonds. The first kappa shape index (κ1) is 17.1. The number of carbonyl (C=O) groups is 2. The summed E-state index contributed by atoms with van der Waals surface area (Å²) in [6.45, 7) is 4.25. The van der Waals surface area contributed by atoms with Crippen LogP contribution in [-0.2, 0) is 22.6 Å². The molecule has 0 atom stereocenters. The van der Waals surface area contributed by atoms with Gasteiger partial charge in [0.25, 0.3) is 0 Å². The summed E-state index contributed by atoms with van der Waals surface area (Å²) in [7, 11) is 1.53. The number of hydrogen-bond donors (Lipinski definition) is 3. The van der Waals surface area contributed by atoms with Crippen molar-refractivity contribution in [1.82, 2.24) is 30.9 Å². The van der Waals surface area contributed by atoms with Crippen LogP contribution in [0.3, 0.4) is 0 Å². The van der Waals surface area contributed by atoms with E-state index < -0.39 is 11.9 Å². The van der Waals surface area contributed by atoms with Gasteiger partial charge in [-0.3, -0.25) is 10.1 Å². The van der Waals surface area contributed by atoms with Crippen molar-refractivity contribution in [2.45, 2.75) is 26.4 Å². The number of amides is 3. The molecular weight excluding hydrogens is 276 g/mol. The smallest absolute Gasteiger partial charge is 0.321 e. The van der Waals surface area contributed by atoms with Crippen molar-refractivity contribution in [2.75, 3.05) is 26.8 Å². The Hall–Kier alpha value is -2.00. The average molecular weight is 298 g/mol. The summed E-state index contributed by atoms with van der Waals surface area (Å²) in [5, 5.41) is 15.6. The third-order valence-electron chi connectivity index (χ3n) is 2.47. The topological polar surface area (TPSA) is 110 Å². The molecule has 0 aliphatic rings. The SMILES string of the molecule is CCCNCc1cn(CC(=O)NC(=O)NCCOC)nn1. The normalized spacial score (nSPS) is 10.4. The minimum absolute atomic E-state index is 0.0571. The third kappa shape index (κ3) is 7.37. The van der Waals surface area contributed by atoms with Gasteiger partial charge >= 0.3 is 6.03 Å². The van der Waals surface area contributed by atoms with Gasteiger partial charge < -0.3 is 15.4 Å². The maximum absolute atomic E-state index is 11.6. The summed E-state index contributed by atoms with van der Waals surface area (Å²) in [6.07, 6.45) is 2.71. The lowest BCUT2D eigenvalue weighted by molar-refractivity contribution is -0.120. The van der Waals surface area contributed by atoms with Crippen LogP contribution < -0.4 is 16.0 Å². The zero-order valence-corrected chi connectivity index (χ0v) is 12.4. The summed E-state index contributed by atoms with van der Waals surface area (Å²) < 4.78 is 6.17. The number of urea groups is 1. The van der Waals surface area contributed by atoms with E-state index in [-0.39, 0.29) is 6.54 Å². The number of imide groups is 1. The maximum Gasteiger partial charge on any atom is 0.321 e. The number of methoxy groups -OCH3 is 1. The van der Waals surface area contributed by atoms with Gasteiger partial charge in [-0.15, -0.1) is 5.10 Å². The van der Waals surface area contributed by atoms with Crippen LogP contribution in [0.5, 0.6) is 0 Å². The Morgan fingerprint density at radius 3 is 2.90 bits per heavy atom. The van der Waals surface area contributed by atoms with Crippen molar-refractivity contribution >= 4 is 11.9 Å². The molecule has 1 heterocycles. The van der Waals surface area contributed by atoms with E-state index in [4.69, 9.17) is 4.74 Å². The Morgan fingerprint density at radius 2 is 2.19 bits per heavy atom. The fourth-order valence-corrected chi connectivity index (χ4v) is 1.51. The second-order valence-electron chi connectivity index (χ2n) is 4.38. The van der Waals surface area contributed by atoms with Crippen LogP contribution in [0.1, 0.15) is 19.0 Å². The van der Waals surface area contributed by atoms with Gasteiger partial charge in [0.05, 0.1) is 18.5 Å². The molecule has 118 valence electrons. The third-order valence-corrected chi connectivity index (χ3v) is 2.47. The van der Waals surface area contributed by atoms with Gasteiger partial charge in [0.15, 0.2) is 0 Å². The number of rotatable bonds is 9. The molecule has 1 aromatic rings. The van der Waals surface area contributed by atoms with E-state index in [1.807, 2.05) is 0 Å². The average Bonchev–Trinajstić information content (AvgIpc) is 2.86. The van der Waals surface area contributed by atoms with Crippen LogP contribution in [0.2, 0.25) is 0 Å². The molecule has 0 radical (unpaired) electrons. The first-order valence-corrected chi connectivity index (χ1v) is 6.82. The first-order valence-electron chi connectivity index (χ1n) is 6.82. The molecule has 9 heteroatoms. The second kappa shape index (κ2) is 9.83. The molecule has 0 spiro atoms. The Labute approximate surface area is 123 Å². The number of nitrogens with zero attached hydrogens (tertiary/aromatic N) is 3. The number of hydrogen-bond acceptors (Lipinski definition) is 6. The molecule has 0 aliphatic heterocycles. The molecule has 0 saturated carbocycles. The molecule has 0 aliphatic carbocycles. The number of ether oxygens (including phenoxy) is 1. The molecule has 21 heavy (non-hydrogen) atoms. The van der Waals surface area contributed by atoms with Crippen LogP contribution >= 0.6 is 0 Å². The Kier molecular flexibility index (Phi) is 7.99. The fourth-order valence-electron chi connectivity index (χ4n) is 1.51. The lowest BCUT2D eigenvalue weighted by atomic mass is 10.4. The van der Waals surface area contributed by atoms with Gasteiger partial charge in [-0.25, -0.2) is 9.48 Å². The highest BCUT2D eigenvalue weighted by Gasteiger charge is 2.09. The molecule has 0 bridgehead atoms. The monoisotopic (exact) mass is 298 g/mol. The molecular formula is C12H22N6O3. The Balaban J connectivity index is 2.29. The molecule has 0 aromatic carbocycles. The Morgan fingerprint density at radius 1 is 1.38 bits per heavy atom. The van der Waals surface area contributed by atoms with Crippen LogP contribution in [0.25, 0.3) is 0 Å². The van der Waals surface area contributed by atoms with Crippen molar-refractivity contribution < 1.29 is 14.3 Å². The van der Waals surface area contributed by atoms with Gasteiger partial charge in [0, 0.05) is 20.2 Å². The highest BCUT2D eigenvalue weighted by atomic mass is 16.5.